The van der Waals surface area contributed by atoms with Crippen LogP contribution in [0.1, 0.15) is 44.0 Å². The topological polar surface area (TPSA) is 42.7 Å². The number of rotatable bonds is 7. The molecule has 21 heavy (non-hydrogen) atoms. The summed E-state index contributed by atoms with van der Waals surface area (Å²) < 4.78 is 16.2. The first-order chi connectivity index (χ1) is 10.2. The normalized spacial score (nSPS) is 12.6. The van der Waals surface area contributed by atoms with E-state index in [0.717, 1.165) is 40.8 Å². The molecule has 0 fully saturated rings. The molecule has 1 heterocycles. The van der Waals surface area contributed by atoms with Gasteiger partial charge in [-0.05, 0) is 59.7 Å². The molecule has 0 spiro atoms. The lowest BCUT2D eigenvalue weighted by Crippen LogP contribution is -2.26. The number of halogens is 2. The Balaban J connectivity index is 2.39. The van der Waals surface area contributed by atoms with Crippen molar-refractivity contribution in [3.63, 3.8) is 0 Å². The molecule has 0 saturated carbocycles. The number of nitrogens with zero attached hydrogens (tertiary/aromatic N) is 3. The van der Waals surface area contributed by atoms with E-state index in [9.17, 15) is 4.39 Å². The molecule has 0 amide bonds. The van der Waals surface area contributed by atoms with Crippen molar-refractivity contribution < 1.29 is 4.39 Å². The molecule has 0 bridgehead atoms. The van der Waals surface area contributed by atoms with Gasteiger partial charge in [0.15, 0.2) is 0 Å². The van der Waals surface area contributed by atoms with Gasteiger partial charge in [0.05, 0.1) is 17.9 Å². The second kappa shape index (κ2) is 7.84. The summed E-state index contributed by atoms with van der Waals surface area (Å²) in [6, 6.07) is 4.89. The number of benzene rings is 1. The summed E-state index contributed by atoms with van der Waals surface area (Å²) in [5.41, 5.74) is 2.08. The molecule has 0 radical (unpaired) electrons. The van der Waals surface area contributed by atoms with Gasteiger partial charge in [-0.15, -0.1) is 5.10 Å². The third kappa shape index (κ3) is 4.00. The number of nitrogens with one attached hydrogen (secondary N) is 1. The van der Waals surface area contributed by atoms with Crippen LogP contribution in [0.2, 0.25) is 0 Å². The molecule has 114 valence electrons. The highest BCUT2D eigenvalue weighted by atomic mass is 127. The summed E-state index contributed by atoms with van der Waals surface area (Å²) in [6.45, 7) is 5.95. The van der Waals surface area contributed by atoms with Gasteiger partial charge in [-0.25, -0.2) is 9.07 Å². The highest BCUT2D eigenvalue weighted by molar-refractivity contribution is 14.1. The maximum atomic E-state index is 13.4. The Morgan fingerprint density at radius 2 is 2.14 bits per heavy atom. The van der Waals surface area contributed by atoms with E-state index in [1.54, 1.807) is 12.3 Å². The predicted octanol–water partition coefficient (Wildman–Crippen LogP) is 3.52. The van der Waals surface area contributed by atoms with Crippen molar-refractivity contribution in [3.8, 4) is 0 Å². The zero-order valence-corrected chi connectivity index (χ0v) is 14.5. The SMILES string of the molecule is CCCNC(c1ccc(F)cc1I)c1cnnn1CCC. The van der Waals surface area contributed by atoms with Crippen LogP contribution in [0.25, 0.3) is 0 Å². The first-order valence-corrected chi connectivity index (χ1v) is 8.32. The van der Waals surface area contributed by atoms with Crippen LogP contribution in [-0.4, -0.2) is 21.5 Å². The van der Waals surface area contributed by atoms with Gasteiger partial charge >= 0.3 is 0 Å². The number of aryl methyl sites for hydroxylation is 1. The van der Waals surface area contributed by atoms with Gasteiger partial charge in [-0.2, -0.15) is 0 Å². The summed E-state index contributed by atoms with van der Waals surface area (Å²) in [7, 11) is 0. The van der Waals surface area contributed by atoms with Gasteiger partial charge < -0.3 is 5.32 Å². The van der Waals surface area contributed by atoms with E-state index < -0.39 is 0 Å². The lowest BCUT2D eigenvalue weighted by atomic mass is 10.0. The highest BCUT2D eigenvalue weighted by Gasteiger charge is 2.20. The Morgan fingerprint density at radius 3 is 2.81 bits per heavy atom. The molecule has 1 unspecified atom stereocenters. The molecule has 6 heteroatoms. The Kier molecular flexibility index (Phi) is 6.10. The number of aromatic nitrogens is 3. The van der Waals surface area contributed by atoms with Crippen molar-refractivity contribution in [2.75, 3.05) is 6.54 Å². The zero-order valence-electron chi connectivity index (χ0n) is 12.3. The van der Waals surface area contributed by atoms with Crippen LogP contribution in [0.15, 0.2) is 24.4 Å². The molecule has 1 atom stereocenters. The molecule has 4 nitrogen and oxygen atoms in total. The van der Waals surface area contributed by atoms with E-state index in [1.165, 1.54) is 6.07 Å². The number of hydrogen-bond acceptors (Lipinski definition) is 3. The second-order valence-electron chi connectivity index (χ2n) is 4.93. The highest BCUT2D eigenvalue weighted by Crippen LogP contribution is 2.26. The Labute approximate surface area is 138 Å². The van der Waals surface area contributed by atoms with Gasteiger partial charge in [-0.3, -0.25) is 0 Å². The minimum atomic E-state index is -0.211. The quantitative estimate of drug-likeness (QED) is 0.721. The van der Waals surface area contributed by atoms with Gasteiger partial charge in [0, 0.05) is 10.1 Å². The van der Waals surface area contributed by atoms with Crippen molar-refractivity contribution in [3.05, 3.63) is 45.0 Å². The van der Waals surface area contributed by atoms with Crippen LogP contribution in [0, 0.1) is 9.39 Å². The molecule has 1 N–H and O–H groups in total. The van der Waals surface area contributed by atoms with Crippen LogP contribution < -0.4 is 5.32 Å². The minimum absolute atomic E-state index is 0.0148. The van der Waals surface area contributed by atoms with Crippen LogP contribution in [0.4, 0.5) is 4.39 Å². The van der Waals surface area contributed by atoms with Gasteiger partial charge in [0.25, 0.3) is 0 Å². The fourth-order valence-electron chi connectivity index (χ4n) is 2.27. The average Bonchev–Trinajstić information content (AvgIpc) is 2.90. The molecule has 0 aliphatic carbocycles. The van der Waals surface area contributed by atoms with Crippen LogP contribution >= 0.6 is 22.6 Å². The van der Waals surface area contributed by atoms with Crippen molar-refractivity contribution in [2.24, 2.45) is 0 Å². The van der Waals surface area contributed by atoms with E-state index in [1.807, 2.05) is 10.7 Å². The van der Waals surface area contributed by atoms with Crippen molar-refractivity contribution in [2.45, 2.75) is 39.3 Å². The fraction of sp³-hybridized carbons (Fsp3) is 0.467. The monoisotopic (exact) mass is 402 g/mol. The van der Waals surface area contributed by atoms with Crippen molar-refractivity contribution in [1.29, 1.82) is 0 Å². The third-order valence-corrected chi connectivity index (χ3v) is 4.19. The Hall–Kier alpha value is -1.02. The van der Waals surface area contributed by atoms with Crippen molar-refractivity contribution in [1.82, 2.24) is 20.3 Å². The second-order valence-corrected chi connectivity index (χ2v) is 6.10. The van der Waals surface area contributed by atoms with Gasteiger partial charge in [0.2, 0.25) is 0 Å². The molecule has 2 aromatic rings. The molecule has 0 aliphatic heterocycles. The molecule has 1 aromatic heterocycles. The molecule has 1 aromatic carbocycles. The van der Waals surface area contributed by atoms with Crippen LogP contribution in [0.5, 0.6) is 0 Å². The Morgan fingerprint density at radius 1 is 1.33 bits per heavy atom. The largest absolute Gasteiger partial charge is 0.305 e. The average molecular weight is 402 g/mol. The standard InChI is InChI=1S/C15H20FIN4/c1-3-7-18-15(12-6-5-11(16)9-13(12)17)14-10-19-20-21(14)8-4-2/h5-6,9-10,15,18H,3-4,7-8H2,1-2H3. The third-order valence-electron chi connectivity index (χ3n) is 3.25. The first kappa shape index (κ1) is 16.4. The fourth-order valence-corrected chi connectivity index (χ4v) is 3.06. The molecule has 0 aliphatic rings. The van der Waals surface area contributed by atoms with E-state index in [2.05, 4.69) is 52.1 Å². The van der Waals surface area contributed by atoms with E-state index >= 15 is 0 Å². The summed E-state index contributed by atoms with van der Waals surface area (Å²) in [5.74, 6) is -0.211. The maximum absolute atomic E-state index is 13.4. The smallest absolute Gasteiger partial charge is 0.124 e. The summed E-state index contributed by atoms with van der Waals surface area (Å²) in [4.78, 5) is 0. The van der Waals surface area contributed by atoms with E-state index in [0.29, 0.717) is 0 Å². The Bertz CT molecular complexity index is 585. The first-order valence-electron chi connectivity index (χ1n) is 7.24. The predicted molar refractivity (Wildman–Crippen MR) is 89.6 cm³/mol. The van der Waals surface area contributed by atoms with Crippen LogP contribution in [0.3, 0.4) is 0 Å². The lowest BCUT2D eigenvalue weighted by Gasteiger charge is -2.21. The van der Waals surface area contributed by atoms with E-state index in [4.69, 9.17) is 0 Å². The zero-order chi connectivity index (χ0) is 15.2. The molecular weight excluding hydrogens is 382 g/mol. The molecule has 0 saturated heterocycles. The van der Waals surface area contributed by atoms with E-state index in [-0.39, 0.29) is 11.9 Å². The van der Waals surface area contributed by atoms with Gasteiger partial charge in [-0.1, -0.05) is 25.1 Å². The summed E-state index contributed by atoms with van der Waals surface area (Å²) in [5, 5.41) is 11.7. The lowest BCUT2D eigenvalue weighted by molar-refractivity contribution is 0.502. The minimum Gasteiger partial charge on any atom is -0.305 e. The molecular formula is C15H20FIN4. The van der Waals surface area contributed by atoms with Crippen molar-refractivity contribution >= 4 is 22.6 Å². The maximum Gasteiger partial charge on any atom is 0.124 e. The summed E-state index contributed by atoms with van der Waals surface area (Å²) in [6.07, 6.45) is 3.82. The number of hydrogen-bond donors (Lipinski definition) is 1. The van der Waals surface area contributed by atoms with Gasteiger partial charge in [0.1, 0.15) is 5.82 Å². The summed E-state index contributed by atoms with van der Waals surface area (Å²) >= 11 is 2.18. The molecule has 2 rings (SSSR count). The van der Waals surface area contributed by atoms with Crippen LogP contribution in [-0.2, 0) is 6.54 Å².